The standard InChI is InChI=1S/C18H22N4O2S.HI/c19-18(22-16-10-9-14-5-4-6-15(14)13-16)20-11-12-21-25(23,24)17-7-2-1-3-8-17;/h1-3,7-10,13,21H,4-6,11-12H2,(H3,19,20,22);1H. The molecule has 4 N–H and O–H groups in total. The van der Waals surface area contributed by atoms with Crippen LogP contribution in [0.4, 0.5) is 5.69 Å². The molecule has 26 heavy (non-hydrogen) atoms. The number of anilines is 1. The maximum atomic E-state index is 12.1. The molecule has 6 nitrogen and oxygen atoms in total. The molecule has 0 aliphatic heterocycles. The van der Waals surface area contributed by atoms with Crippen LogP contribution in [0.5, 0.6) is 0 Å². The van der Waals surface area contributed by atoms with Crippen LogP contribution >= 0.6 is 24.0 Å². The fraction of sp³-hybridized carbons (Fsp3) is 0.278. The fourth-order valence-electron chi connectivity index (χ4n) is 2.88. The highest BCUT2D eigenvalue weighted by atomic mass is 127. The minimum atomic E-state index is -3.50. The molecule has 0 amide bonds. The van der Waals surface area contributed by atoms with Crippen LogP contribution in [-0.4, -0.2) is 27.5 Å². The lowest BCUT2D eigenvalue weighted by atomic mass is 10.1. The number of nitrogens with two attached hydrogens (primary N) is 1. The Hall–Kier alpha value is -1.65. The van der Waals surface area contributed by atoms with E-state index < -0.39 is 10.0 Å². The number of nitrogens with zero attached hydrogens (tertiary/aromatic N) is 1. The molecule has 3 rings (SSSR count). The number of nitrogens with one attached hydrogen (secondary N) is 2. The number of benzene rings is 2. The summed E-state index contributed by atoms with van der Waals surface area (Å²) in [6.45, 7) is 0.444. The summed E-state index contributed by atoms with van der Waals surface area (Å²) in [5.74, 6) is 0.275. The molecular weight excluding hydrogens is 463 g/mol. The predicted molar refractivity (Wildman–Crippen MR) is 116 cm³/mol. The average molecular weight is 486 g/mol. The van der Waals surface area contributed by atoms with Crippen LogP contribution in [0.2, 0.25) is 0 Å². The lowest BCUT2D eigenvalue weighted by Gasteiger charge is -2.08. The number of hydrogen-bond acceptors (Lipinski definition) is 3. The maximum absolute atomic E-state index is 12.1. The third kappa shape index (κ3) is 5.42. The quantitative estimate of drug-likeness (QED) is 0.253. The molecule has 0 heterocycles. The van der Waals surface area contributed by atoms with Gasteiger partial charge in [-0.15, -0.1) is 24.0 Å². The highest BCUT2D eigenvalue weighted by Gasteiger charge is 2.12. The Bertz CT molecular complexity index is 870. The number of hydrogen-bond donors (Lipinski definition) is 3. The lowest BCUT2D eigenvalue weighted by Crippen LogP contribution is -2.28. The molecule has 0 fully saturated rings. The van der Waals surface area contributed by atoms with Gasteiger partial charge in [0.2, 0.25) is 10.0 Å². The van der Waals surface area contributed by atoms with Gasteiger partial charge in [0.1, 0.15) is 0 Å². The van der Waals surface area contributed by atoms with Crippen molar-refractivity contribution < 1.29 is 8.42 Å². The van der Waals surface area contributed by atoms with E-state index in [1.807, 2.05) is 6.07 Å². The normalized spacial score (nSPS) is 13.8. The second-order valence-corrected chi connectivity index (χ2v) is 7.71. The molecule has 0 saturated carbocycles. The third-order valence-electron chi connectivity index (χ3n) is 4.11. The van der Waals surface area contributed by atoms with Gasteiger partial charge in [0.05, 0.1) is 11.4 Å². The molecule has 0 bridgehead atoms. The molecule has 0 radical (unpaired) electrons. The first kappa shape index (κ1) is 20.7. The van der Waals surface area contributed by atoms with E-state index in [9.17, 15) is 8.42 Å². The summed E-state index contributed by atoms with van der Waals surface area (Å²) in [5.41, 5.74) is 9.54. The summed E-state index contributed by atoms with van der Waals surface area (Å²) in [6.07, 6.45) is 3.44. The first-order valence-corrected chi connectivity index (χ1v) is 9.76. The second-order valence-electron chi connectivity index (χ2n) is 5.94. The van der Waals surface area contributed by atoms with E-state index in [2.05, 4.69) is 27.2 Å². The lowest BCUT2D eigenvalue weighted by molar-refractivity contribution is 0.582. The summed E-state index contributed by atoms with van der Waals surface area (Å²) in [6, 6.07) is 14.5. The highest BCUT2D eigenvalue weighted by molar-refractivity contribution is 14.0. The molecule has 140 valence electrons. The van der Waals surface area contributed by atoms with Gasteiger partial charge in [-0.2, -0.15) is 0 Å². The maximum Gasteiger partial charge on any atom is 0.240 e. The number of halogens is 1. The molecule has 0 aromatic heterocycles. The molecular formula is C18H23IN4O2S. The molecule has 0 saturated heterocycles. The van der Waals surface area contributed by atoms with Crippen LogP contribution in [-0.2, 0) is 22.9 Å². The van der Waals surface area contributed by atoms with Crippen LogP contribution in [0, 0.1) is 0 Å². The number of sulfonamides is 1. The van der Waals surface area contributed by atoms with Crippen LogP contribution in [0.15, 0.2) is 58.4 Å². The average Bonchev–Trinajstić information content (AvgIpc) is 3.07. The Morgan fingerprint density at radius 3 is 2.58 bits per heavy atom. The van der Waals surface area contributed by atoms with Crippen molar-refractivity contribution in [3.63, 3.8) is 0 Å². The Labute approximate surface area is 171 Å². The molecule has 8 heteroatoms. The van der Waals surface area contributed by atoms with E-state index >= 15 is 0 Å². The van der Waals surface area contributed by atoms with Crippen molar-refractivity contribution in [2.75, 3.05) is 18.4 Å². The summed E-state index contributed by atoms with van der Waals surface area (Å²) in [7, 11) is -3.50. The molecule has 0 unspecified atom stereocenters. The van der Waals surface area contributed by atoms with Crippen molar-refractivity contribution in [1.29, 1.82) is 0 Å². The number of rotatable bonds is 6. The Morgan fingerprint density at radius 2 is 1.81 bits per heavy atom. The first-order chi connectivity index (χ1) is 12.0. The van der Waals surface area contributed by atoms with Gasteiger partial charge < -0.3 is 11.1 Å². The summed E-state index contributed by atoms with van der Waals surface area (Å²) in [4.78, 5) is 4.41. The van der Waals surface area contributed by atoms with Gasteiger partial charge in [-0.05, 0) is 54.7 Å². The van der Waals surface area contributed by atoms with Gasteiger partial charge in [-0.25, -0.2) is 13.1 Å². The van der Waals surface area contributed by atoms with Gasteiger partial charge >= 0.3 is 0 Å². The molecule has 0 spiro atoms. The van der Waals surface area contributed by atoms with E-state index in [0.717, 1.165) is 18.5 Å². The van der Waals surface area contributed by atoms with Crippen molar-refractivity contribution in [2.45, 2.75) is 24.2 Å². The first-order valence-electron chi connectivity index (χ1n) is 8.28. The summed E-state index contributed by atoms with van der Waals surface area (Å²) in [5, 5.41) is 3.05. The molecule has 0 atom stereocenters. The van der Waals surface area contributed by atoms with Gasteiger partial charge in [-0.3, -0.25) is 4.99 Å². The highest BCUT2D eigenvalue weighted by Crippen LogP contribution is 2.24. The van der Waals surface area contributed by atoms with Crippen LogP contribution in [0.3, 0.4) is 0 Å². The number of fused-ring (bicyclic) bond motifs is 1. The Morgan fingerprint density at radius 1 is 1.08 bits per heavy atom. The smallest absolute Gasteiger partial charge is 0.240 e. The van der Waals surface area contributed by atoms with E-state index in [0.29, 0.717) is 0 Å². The minimum absolute atomic E-state index is 0. The van der Waals surface area contributed by atoms with Gasteiger partial charge in [0.25, 0.3) is 0 Å². The van der Waals surface area contributed by atoms with Crippen molar-refractivity contribution >= 4 is 45.6 Å². The number of aliphatic imine (C=N–C) groups is 1. The van der Waals surface area contributed by atoms with E-state index in [4.69, 9.17) is 5.73 Å². The van der Waals surface area contributed by atoms with Gasteiger partial charge in [0, 0.05) is 12.2 Å². The zero-order valence-corrected chi connectivity index (χ0v) is 17.5. The largest absolute Gasteiger partial charge is 0.370 e. The van der Waals surface area contributed by atoms with E-state index in [1.165, 1.54) is 17.5 Å². The van der Waals surface area contributed by atoms with Crippen molar-refractivity contribution in [2.24, 2.45) is 10.7 Å². The molecule has 1 aliphatic rings. The van der Waals surface area contributed by atoms with Gasteiger partial charge in [0.15, 0.2) is 5.96 Å². The SMILES string of the molecule is I.NC(=NCCNS(=O)(=O)c1ccccc1)Nc1ccc2c(c1)CCC2. The summed E-state index contributed by atoms with van der Waals surface area (Å²) >= 11 is 0. The molecule has 2 aromatic rings. The fourth-order valence-corrected chi connectivity index (χ4v) is 3.92. The van der Waals surface area contributed by atoms with Crippen LogP contribution in [0.25, 0.3) is 0 Å². The Balaban J connectivity index is 0.00000243. The van der Waals surface area contributed by atoms with E-state index in [-0.39, 0.29) is 47.9 Å². The van der Waals surface area contributed by atoms with Crippen LogP contribution in [0.1, 0.15) is 17.5 Å². The number of guanidine groups is 1. The predicted octanol–water partition coefficient (Wildman–Crippen LogP) is 2.50. The minimum Gasteiger partial charge on any atom is -0.370 e. The Kier molecular flexibility index (Phi) is 7.42. The monoisotopic (exact) mass is 486 g/mol. The van der Waals surface area contributed by atoms with Crippen LogP contribution < -0.4 is 15.8 Å². The molecule has 1 aliphatic carbocycles. The van der Waals surface area contributed by atoms with Gasteiger partial charge in [-0.1, -0.05) is 24.3 Å². The van der Waals surface area contributed by atoms with Crippen molar-refractivity contribution in [1.82, 2.24) is 4.72 Å². The zero-order valence-electron chi connectivity index (χ0n) is 14.3. The topological polar surface area (TPSA) is 96.6 Å². The second kappa shape index (κ2) is 9.33. The molecule has 2 aromatic carbocycles. The third-order valence-corrected chi connectivity index (χ3v) is 5.59. The van der Waals surface area contributed by atoms with Crippen molar-refractivity contribution in [3.05, 3.63) is 59.7 Å². The van der Waals surface area contributed by atoms with Crippen molar-refractivity contribution in [3.8, 4) is 0 Å². The van der Waals surface area contributed by atoms with E-state index in [1.54, 1.807) is 30.3 Å². The number of aryl methyl sites for hydroxylation is 2. The summed E-state index contributed by atoms with van der Waals surface area (Å²) < 4.78 is 26.6. The zero-order chi connectivity index (χ0) is 17.7.